The highest BCUT2D eigenvalue weighted by Gasteiger charge is 2.23. The van der Waals surface area contributed by atoms with Crippen molar-refractivity contribution >= 4 is 11.6 Å². The Labute approximate surface area is 88.6 Å². The Hall–Kier alpha value is -1.77. The van der Waals surface area contributed by atoms with Crippen molar-refractivity contribution in [1.29, 1.82) is 0 Å². The maximum absolute atomic E-state index is 11.6. The Morgan fingerprint density at radius 3 is 3.07 bits per heavy atom. The molecule has 0 aromatic heterocycles. The van der Waals surface area contributed by atoms with Gasteiger partial charge in [-0.25, -0.2) is 0 Å². The van der Waals surface area contributed by atoms with Crippen molar-refractivity contribution in [2.45, 2.75) is 12.8 Å². The summed E-state index contributed by atoms with van der Waals surface area (Å²) in [5, 5.41) is 9.74. The highest BCUT2D eigenvalue weighted by atomic mass is 16.3. The topological polar surface area (TPSA) is 40.5 Å². The molecule has 3 heteroatoms. The first-order valence-electron chi connectivity index (χ1n) is 4.99. The molecule has 0 saturated carbocycles. The van der Waals surface area contributed by atoms with Gasteiger partial charge in [0.2, 0.25) is 5.91 Å². The van der Waals surface area contributed by atoms with Crippen LogP contribution in [0.4, 0.5) is 5.69 Å². The van der Waals surface area contributed by atoms with Gasteiger partial charge in [0.1, 0.15) is 5.75 Å². The van der Waals surface area contributed by atoms with Crippen LogP contribution in [0.1, 0.15) is 12.0 Å². The van der Waals surface area contributed by atoms with Crippen LogP contribution in [0.2, 0.25) is 0 Å². The summed E-state index contributed by atoms with van der Waals surface area (Å²) in [6.07, 6.45) is 3.11. The van der Waals surface area contributed by atoms with Gasteiger partial charge < -0.3 is 10.0 Å². The van der Waals surface area contributed by atoms with Crippen molar-refractivity contribution in [3.05, 3.63) is 36.4 Å². The van der Waals surface area contributed by atoms with Gasteiger partial charge in [-0.1, -0.05) is 18.7 Å². The number of nitrogens with zero attached hydrogens (tertiary/aromatic N) is 1. The molecule has 2 rings (SSSR count). The molecule has 1 aromatic rings. The number of fused-ring (bicyclic) bond motifs is 1. The Bertz CT molecular complexity index is 412. The number of hydrogen-bond acceptors (Lipinski definition) is 2. The minimum atomic E-state index is -0.155. The standard InChI is InChI=1S/C12H13NO2/c1-2-11(15)13-8-4-6-9-5-3-7-10(14)12(9)13/h2-3,5,7,14H,1,4,6,8H2. The number of phenols is 1. The molecule has 0 spiro atoms. The summed E-state index contributed by atoms with van der Waals surface area (Å²) in [7, 11) is 0. The summed E-state index contributed by atoms with van der Waals surface area (Å²) in [4.78, 5) is 13.2. The predicted molar refractivity (Wildman–Crippen MR) is 59.0 cm³/mol. The molecule has 0 atom stereocenters. The van der Waals surface area contributed by atoms with Gasteiger partial charge in [-0.15, -0.1) is 0 Å². The van der Waals surface area contributed by atoms with E-state index in [1.807, 2.05) is 6.07 Å². The summed E-state index contributed by atoms with van der Waals surface area (Å²) < 4.78 is 0. The fourth-order valence-corrected chi connectivity index (χ4v) is 1.96. The van der Waals surface area contributed by atoms with E-state index < -0.39 is 0 Å². The Balaban J connectivity index is 2.49. The fraction of sp³-hybridized carbons (Fsp3) is 0.250. The van der Waals surface area contributed by atoms with E-state index in [9.17, 15) is 9.90 Å². The number of rotatable bonds is 1. The first kappa shape index (κ1) is 9.77. The summed E-state index contributed by atoms with van der Waals surface area (Å²) in [5.74, 6) is 0.0138. The van der Waals surface area contributed by atoms with Crippen molar-refractivity contribution in [2.24, 2.45) is 0 Å². The molecule has 3 nitrogen and oxygen atoms in total. The predicted octanol–water partition coefficient (Wildman–Crippen LogP) is 1.86. The minimum absolute atomic E-state index is 0.155. The van der Waals surface area contributed by atoms with Crippen molar-refractivity contribution in [2.75, 3.05) is 11.4 Å². The Kier molecular flexibility index (Phi) is 2.46. The molecule has 1 amide bonds. The van der Waals surface area contributed by atoms with E-state index in [2.05, 4.69) is 6.58 Å². The second kappa shape index (κ2) is 3.77. The Morgan fingerprint density at radius 1 is 1.53 bits per heavy atom. The Morgan fingerprint density at radius 2 is 2.33 bits per heavy atom. The molecular formula is C12H13NO2. The molecule has 0 bridgehead atoms. The number of para-hydroxylation sites is 1. The SMILES string of the molecule is C=CC(=O)N1CCCc2cccc(O)c21. The van der Waals surface area contributed by atoms with Gasteiger partial charge in [0.05, 0.1) is 5.69 Å². The van der Waals surface area contributed by atoms with Gasteiger partial charge >= 0.3 is 0 Å². The first-order valence-corrected chi connectivity index (χ1v) is 4.99. The zero-order valence-electron chi connectivity index (χ0n) is 8.44. The van der Waals surface area contributed by atoms with E-state index in [1.165, 1.54) is 6.08 Å². The molecule has 0 radical (unpaired) electrons. The molecule has 1 aromatic carbocycles. The molecule has 78 valence electrons. The molecule has 15 heavy (non-hydrogen) atoms. The maximum Gasteiger partial charge on any atom is 0.250 e. The van der Waals surface area contributed by atoms with Gasteiger partial charge in [-0.2, -0.15) is 0 Å². The van der Waals surface area contributed by atoms with Crippen molar-refractivity contribution < 1.29 is 9.90 Å². The third-order valence-electron chi connectivity index (χ3n) is 2.64. The molecule has 0 aliphatic carbocycles. The first-order chi connectivity index (χ1) is 7.24. The lowest BCUT2D eigenvalue weighted by atomic mass is 10.0. The second-order valence-electron chi connectivity index (χ2n) is 3.58. The number of aryl methyl sites for hydroxylation is 1. The number of anilines is 1. The lowest BCUT2D eigenvalue weighted by Crippen LogP contribution is -2.34. The van der Waals surface area contributed by atoms with Crippen molar-refractivity contribution in [3.8, 4) is 5.75 Å². The molecule has 0 fully saturated rings. The van der Waals surface area contributed by atoms with Crippen LogP contribution in [0, 0.1) is 0 Å². The van der Waals surface area contributed by atoms with Crippen LogP contribution in [-0.4, -0.2) is 17.6 Å². The normalized spacial score (nSPS) is 14.5. The number of phenolic OH excluding ortho intramolecular Hbond substituents is 1. The molecule has 1 aliphatic rings. The highest BCUT2D eigenvalue weighted by molar-refractivity contribution is 6.02. The number of carbonyl (C=O) groups is 1. The van der Waals surface area contributed by atoms with Crippen molar-refractivity contribution in [1.82, 2.24) is 0 Å². The summed E-state index contributed by atoms with van der Waals surface area (Å²) >= 11 is 0. The van der Waals surface area contributed by atoms with E-state index in [0.717, 1.165) is 18.4 Å². The smallest absolute Gasteiger partial charge is 0.250 e. The van der Waals surface area contributed by atoms with E-state index in [1.54, 1.807) is 17.0 Å². The van der Waals surface area contributed by atoms with Crippen LogP contribution in [0.3, 0.4) is 0 Å². The number of hydrogen-bond donors (Lipinski definition) is 1. The highest BCUT2D eigenvalue weighted by Crippen LogP contribution is 2.35. The van der Waals surface area contributed by atoms with E-state index in [4.69, 9.17) is 0 Å². The van der Waals surface area contributed by atoms with Crippen LogP contribution in [0.15, 0.2) is 30.9 Å². The molecule has 1 N–H and O–H groups in total. The lowest BCUT2D eigenvalue weighted by molar-refractivity contribution is -0.114. The van der Waals surface area contributed by atoms with E-state index >= 15 is 0 Å². The quantitative estimate of drug-likeness (QED) is 0.708. The molecule has 1 aliphatic heterocycles. The molecule has 0 unspecified atom stereocenters. The monoisotopic (exact) mass is 203 g/mol. The summed E-state index contributed by atoms with van der Waals surface area (Å²) in [6, 6.07) is 5.35. The lowest BCUT2D eigenvalue weighted by Gasteiger charge is -2.29. The van der Waals surface area contributed by atoms with Crippen LogP contribution in [-0.2, 0) is 11.2 Å². The average Bonchev–Trinajstić information content (AvgIpc) is 2.28. The van der Waals surface area contributed by atoms with Gasteiger partial charge in [-0.05, 0) is 30.5 Å². The third kappa shape index (κ3) is 1.61. The van der Waals surface area contributed by atoms with Crippen LogP contribution in [0.25, 0.3) is 0 Å². The number of benzene rings is 1. The molecule has 1 heterocycles. The van der Waals surface area contributed by atoms with Crippen LogP contribution < -0.4 is 4.90 Å². The summed E-state index contributed by atoms with van der Waals surface area (Å²) in [6.45, 7) is 4.11. The van der Waals surface area contributed by atoms with Gasteiger partial charge in [0.25, 0.3) is 0 Å². The largest absolute Gasteiger partial charge is 0.506 e. The van der Waals surface area contributed by atoms with E-state index in [0.29, 0.717) is 12.2 Å². The number of amides is 1. The minimum Gasteiger partial charge on any atom is -0.506 e. The van der Waals surface area contributed by atoms with Gasteiger partial charge in [-0.3, -0.25) is 4.79 Å². The average molecular weight is 203 g/mol. The number of aromatic hydroxyl groups is 1. The van der Waals surface area contributed by atoms with Crippen LogP contribution in [0.5, 0.6) is 5.75 Å². The zero-order chi connectivity index (χ0) is 10.8. The van der Waals surface area contributed by atoms with Gasteiger partial charge in [0, 0.05) is 6.54 Å². The maximum atomic E-state index is 11.6. The fourth-order valence-electron chi connectivity index (χ4n) is 1.96. The van der Waals surface area contributed by atoms with Crippen LogP contribution >= 0.6 is 0 Å². The summed E-state index contributed by atoms with van der Waals surface area (Å²) in [5.41, 5.74) is 1.67. The van der Waals surface area contributed by atoms with E-state index in [-0.39, 0.29) is 11.7 Å². The third-order valence-corrected chi connectivity index (χ3v) is 2.64. The van der Waals surface area contributed by atoms with Crippen molar-refractivity contribution in [3.63, 3.8) is 0 Å². The molecule has 0 saturated heterocycles. The molecular weight excluding hydrogens is 190 g/mol. The second-order valence-corrected chi connectivity index (χ2v) is 3.58. The number of carbonyl (C=O) groups excluding carboxylic acids is 1. The zero-order valence-corrected chi connectivity index (χ0v) is 8.44. The van der Waals surface area contributed by atoms with Gasteiger partial charge in [0.15, 0.2) is 0 Å².